The quantitative estimate of drug-likeness (QED) is 0.764. The van der Waals surface area contributed by atoms with E-state index in [2.05, 4.69) is 39.5 Å². The molecule has 0 N–H and O–H groups in total. The molecule has 1 aromatic rings. The summed E-state index contributed by atoms with van der Waals surface area (Å²) in [6.45, 7) is 5.98. The topological polar surface area (TPSA) is 3.24 Å². The Balaban J connectivity index is 3.27. The van der Waals surface area contributed by atoms with Crippen molar-refractivity contribution >= 4 is 27.2 Å². The molecule has 0 saturated carbocycles. The summed E-state index contributed by atoms with van der Waals surface area (Å²) in [5, 5.41) is 0. The second-order valence-electron chi connectivity index (χ2n) is 3.34. The minimum atomic E-state index is 1.09. The molecule has 0 saturated heterocycles. The number of halogens is 1. The van der Waals surface area contributed by atoms with Crippen LogP contribution in [-0.2, 0) is 0 Å². The molecule has 0 spiro atoms. The van der Waals surface area contributed by atoms with Crippen LogP contribution in [0.3, 0.4) is 0 Å². The van der Waals surface area contributed by atoms with Crippen molar-refractivity contribution in [3.05, 3.63) is 34.8 Å². The van der Waals surface area contributed by atoms with Crippen molar-refractivity contribution in [2.24, 2.45) is 0 Å². The Bertz CT molecular complexity index is 329. The maximum Gasteiger partial charge on any atom is 0.0437 e. The Morgan fingerprint density at radius 2 is 2.00 bits per heavy atom. The fraction of sp³-hybridized carbons (Fsp3) is 0.273. The van der Waals surface area contributed by atoms with E-state index in [4.69, 9.17) is 0 Å². The van der Waals surface area contributed by atoms with Crippen molar-refractivity contribution in [1.29, 1.82) is 0 Å². The predicted octanol–water partition coefficient (Wildman–Crippen LogP) is 3.55. The van der Waals surface area contributed by atoms with Gasteiger partial charge in [0.2, 0.25) is 0 Å². The van der Waals surface area contributed by atoms with Crippen molar-refractivity contribution in [3.8, 4) is 0 Å². The lowest BCUT2D eigenvalue weighted by Crippen LogP contribution is -2.10. The zero-order valence-electron chi connectivity index (χ0n) is 8.26. The first kappa shape index (κ1) is 10.3. The number of anilines is 1. The van der Waals surface area contributed by atoms with E-state index in [0.29, 0.717) is 0 Å². The normalized spacial score (nSPS) is 9.85. The molecule has 0 radical (unpaired) electrons. The van der Waals surface area contributed by atoms with Gasteiger partial charge in [-0.1, -0.05) is 22.5 Å². The molecule has 0 aliphatic heterocycles. The van der Waals surface area contributed by atoms with Crippen LogP contribution in [0.5, 0.6) is 0 Å². The van der Waals surface area contributed by atoms with Gasteiger partial charge in [-0.15, -0.1) is 0 Å². The number of nitrogens with zero attached hydrogens (tertiary/aromatic N) is 1. The van der Waals surface area contributed by atoms with E-state index in [0.717, 1.165) is 10.0 Å². The molecular weight excluding hydrogens is 226 g/mol. The molecule has 2 heteroatoms. The maximum atomic E-state index is 3.96. The molecule has 1 rings (SSSR count). The van der Waals surface area contributed by atoms with E-state index in [1.807, 2.05) is 27.1 Å². The highest BCUT2D eigenvalue weighted by Crippen LogP contribution is 2.27. The summed E-state index contributed by atoms with van der Waals surface area (Å²) < 4.78 is 1.09. The summed E-state index contributed by atoms with van der Waals surface area (Å²) in [5.41, 5.74) is 3.49. The molecule has 1 nitrogen and oxygen atoms in total. The lowest BCUT2D eigenvalue weighted by Gasteiger charge is -2.17. The SMILES string of the molecule is C=C(C)c1cc(Br)ccc1N(C)C. The minimum Gasteiger partial charge on any atom is -0.377 e. The van der Waals surface area contributed by atoms with E-state index in [9.17, 15) is 0 Å². The highest BCUT2D eigenvalue weighted by Gasteiger charge is 2.04. The molecule has 0 aliphatic carbocycles. The van der Waals surface area contributed by atoms with Crippen LogP contribution in [0.4, 0.5) is 5.69 Å². The molecule has 0 bridgehead atoms. The fourth-order valence-corrected chi connectivity index (χ4v) is 1.60. The van der Waals surface area contributed by atoms with Crippen LogP contribution in [-0.4, -0.2) is 14.1 Å². The Hall–Kier alpha value is -0.760. The number of hydrogen-bond donors (Lipinski definition) is 0. The summed E-state index contributed by atoms with van der Waals surface area (Å²) in [7, 11) is 4.07. The van der Waals surface area contributed by atoms with Gasteiger partial charge in [-0.25, -0.2) is 0 Å². The minimum absolute atomic E-state index is 1.09. The molecule has 0 aromatic heterocycles. The van der Waals surface area contributed by atoms with E-state index in [-0.39, 0.29) is 0 Å². The van der Waals surface area contributed by atoms with Gasteiger partial charge in [0, 0.05) is 29.8 Å². The van der Waals surface area contributed by atoms with Gasteiger partial charge in [-0.3, -0.25) is 0 Å². The number of rotatable bonds is 2. The van der Waals surface area contributed by atoms with Crippen molar-refractivity contribution in [1.82, 2.24) is 0 Å². The third-order valence-electron chi connectivity index (χ3n) is 1.90. The smallest absolute Gasteiger partial charge is 0.0437 e. The average Bonchev–Trinajstić information content (AvgIpc) is 2.03. The molecule has 0 heterocycles. The Labute approximate surface area is 88.2 Å². The van der Waals surface area contributed by atoms with Gasteiger partial charge in [-0.2, -0.15) is 0 Å². The van der Waals surface area contributed by atoms with Crippen molar-refractivity contribution in [3.63, 3.8) is 0 Å². The molecule has 0 atom stereocenters. The highest BCUT2D eigenvalue weighted by molar-refractivity contribution is 9.10. The maximum absolute atomic E-state index is 3.96. The molecule has 1 aromatic carbocycles. The second kappa shape index (κ2) is 3.97. The zero-order valence-corrected chi connectivity index (χ0v) is 9.85. The van der Waals surface area contributed by atoms with Crippen molar-refractivity contribution in [2.75, 3.05) is 19.0 Å². The van der Waals surface area contributed by atoms with Gasteiger partial charge in [0.15, 0.2) is 0 Å². The largest absolute Gasteiger partial charge is 0.377 e. The summed E-state index contributed by atoms with van der Waals surface area (Å²) >= 11 is 3.45. The van der Waals surface area contributed by atoms with Crippen molar-refractivity contribution < 1.29 is 0 Å². The monoisotopic (exact) mass is 239 g/mol. The van der Waals surface area contributed by atoms with E-state index >= 15 is 0 Å². The van der Waals surface area contributed by atoms with Crippen LogP contribution in [0.25, 0.3) is 5.57 Å². The summed E-state index contributed by atoms with van der Waals surface area (Å²) in [4.78, 5) is 2.09. The molecule has 0 amide bonds. The molecule has 70 valence electrons. The predicted molar refractivity (Wildman–Crippen MR) is 63.2 cm³/mol. The zero-order chi connectivity index (χ0) is 10.0. The van der Waals surface area contributed by atoms with Gasteiger partial charge < -0.3 is 4.90 Å². The van der Waals surface area contributed by atoms with Crippen LogP contribution in [0.2, 0.25) is 0 Å². The summed E-state index contributed by atoms with van der Waals surface area (Å²) in [6, 6.07) is 6.23. The summed E-state index contributed by atoms with van der Waals surface area (Å²) in [5.74, 6) is 0. The number of allylic oxidation sites excluding steroid dienone is 1. The molecule has 0 fully saturated rings. The van der Waals surface area contributed by atoms with Gasteiger partial charge in [0.25, 0.3) is 0 Å². The van der Waals surface area contributed by atoms with Gasteiger partial charge in [0.05, 0.1) is 0 Å². The van der Waals surface area contributed by atoms with Crippen molar-refractivity contribution in [2.45, 2.75) is 6.92 Å². The summed E-state index contributed by atoms with van der Waals surface area (Å²) in [6.07, 6.45) is 0. The lowest BCUT2D eigenvalue weighted by molar-refractivity contribution is 1.12. The Morgan fingerprint density at radius 3 is 2.46 bits per heavy atom. The lowest BCUT2D eigenvalue weighted by atomic mass is 10.1. The molecule has 0 unspecified atom stereocenters. The third kappa shape index (κ3) is 2.34. The van der Waals surface area contributed by atoms with Gasteiger partial charge in [0.1, 0.15) is 0 Å². The second-order valence-corrected chi connectivity index (χ2v) is 4.25. The van der Waals surface area contributed by atoms with Crippen LogP contribution >= 0.6 is 15.9 Å². The van der Waals surface area contributed by atoms with E-state index in [1.165, 1.54) is 11.3 Å². The van der Waals surface area contributed by atoms with Crippen LogP contribution < -0.4 is 4.90 Å². The van der Waals surface area contributed by atoms with Crippen LogP contribution in [0, 0.1) is 0 Å². The number of benzene rings is 1. The fourth-order valence-electron chi connectivity index (χ4n) is 1.24. The van der Waals surface area contributed by atoms with Gasteiger partial charge in [-0.05, 0) is 30.7 Å². The third-order valence-corrected chi connectivity index (χ3v) is 2.39. The Morgan fingerprint density at radius 1 is 1.38 bits per heavy atom. The molecule has 0 aliphatic rings. The highest BCUT2D eigenvalue weighted by atomic mass is 79.9. The average molecular weight is 240 g/mol. The first-order valence-electron chi connectivity index (χ1n) is 4.15. The molecular formula is C11H14BrN. The van der Waals surface area contributed by atoms with Gasteiger partial charge >= 0.3 is 0 Å². The Kier molecular flexibility index (Phi) is 3.15. The number of hydrogen-bond acceptors (Lipinski definition) is 1. The molecule has 13 heavy (non-hydrogen) atoms. The standard InChI is InChI=1S/C11H14BrN/c1-8(2)10-7-9(12)5-6-11(10)13(3)4/h5-7H,1H2,2-4H3. The van der Waals surface area contributed by atoms with E-state index in [1.54, 1.807) is 0 Å². The van der Waals surface area contributed by atoms with Crippen LogP contribution in [0.15, 0.2) is 29.3 Å². The van der Waals surface area contributed by atoms with Crippen LogP contribution in [0.1, 0.15) is 12.5 Å². The van der Waals surface area contributed by atoms with E-state index < -0.39 is 0 Å². The first-order valence-corrected chi connectivity index (χ1v) is 4.94. The first-order chi connectivity index (χ1) is 6.02.